The van der Waals surface area contributed by atoms with E-state index in [0.717, 1.165) is 5.56 Å². The monoisotopic (exact) mass is 384 g/mol. The minimum Gasteiger partial charge on any atom is -0.488 e. The number of esters is 1. The molecule has 1 heterocycles. The summed E-state index contributed by atoms with van der Waals surface area (Å²) >= 11 is 0. The lowest BCUT2D eigenvalue weighted by Crippen LogP contribution is -2.21. The number of hydrogen-bond acceptors (Lipinski definition) is 6. The Morgan fingerprint density at radius 3 is 2.61 bits per heavy atom. The van der Waals surface area contributed by atoms with Crippen molar-refractivity contribution in [3.8, 4) is 5.75 Å². The molecule has 0 saturated carbocycles. The van der Waals surface area contributed by atoms with Crippen molar-refractivity contribution in [2.24, 2.45) is 0 Å². The van der Waals surface area contributed by atoms with Gasteiger partial charge in [-0.1, -0.05) is 29.4 Å². The molecule has 0 saturated heterocycles. The van der Waals surface area contributed by atoms with Crippen LogP contribution in [0.5, 0.6) is 5.75 Å². The van der Waals surface area contributed by atoms with E-state index in [9.17, 15) is 14.0 Å². The largest absolute Gasteiger partial charge is 0.488 e. The van der Waals surface area contributed by atoms with Crippen LogP contribution in [0.25, 0.3) is 0 Å². The lowest BCUT2D eigenvalue weighted by molar-refractivity contribution is -0.119. The number of para-hydroxylation sites is 1. The van der Waals surface area contributed by atoms with Gasteiger partial charge in [0.25, 0.3) is 5.91 Å². The van der Waals surface area contributed by atoms with E-state index in [1.807, 2.05) is 0 Å². The van der Waals surface area contributed by atoms with E-state index in [-0.39, 0.29) is 23.8 Å². The molecule has 144 valence electrons. The number of anilines is 1. The number of rotatable bonds is 7. The number of carbonyl (C=O) groups is 2. The molecule has 0 unspecified atom stereocenters. The van der Waals surface area contributed by atoms with Gasteiger partial charge >= 0.3 is 5.97 Å². The maximum absolute atomic E-state index is 13.0. The number of amides is 1. The van der Waals surface area contributed by atoms with Crippen LogP contribution in [-0.2, 0) is 16.1 Å². The van der Waals surface area contributed by atoms with Crippen molar-refractivity contribution in [3.05, 3.63) is 77.3 Å². The second kappa shape index (κ2) is 8.81. The SMILES string of the molecule is Cc1cc(NC(=O)COC(=O)c2ccccc2OCc2ccc(F)cc2)no1. The third kappa shape index (κ3) is 5.16. The van der Waals surface area contributed by atoms with Crippen molar-refractivity contribution in [1.82, 2.24) is 5.16 Å². The second-order valence-corrected chi connectivity index (χ2v) is 5.86. The van der Waals surface area contributed by atoms with E-state index in [2.05, 4.69) is 10.5 Å². The first-order valence-electron chi connectivity index (χ1n) is 8.38. The van der Waals surface area contributed by atoms with Crippen LogP contribution in [0.2, 0.25) is 0 Å². The number of carbonyl (C=O) groups excluding carboxylic acids is 2. The molecular formula is C20H17FN2O5. The highest BCUT2D eigenvalue weighted by Crippen LogP contribution is 2.20. The quantitative estimate of drug-likeness (QED) is 0.627. The van der Waals surface area contributed by atoms with Crippen LogP contribution in [0.3, 0.4) is 0 Å². The first-order chi connectivity index (χ1) is 13.5. The zero-order valence-electron chi connectivity index (χ0n) is 15.0. The molecular weight excluding hydrogens is 367 g/mol. The summed E-state index contributed by atoms with van der Waals surface area (Å²) in [5, 5.41) is 6.08. The van der Waals surface area contributed by atoms with E-state index in [1.165, 1.54) is 24.3 Å². The first-order valence-corrected chi connectivity index (χ1v) is 8.38. The van der Waals surface area contributed by atoms with Crippen molar-refractivity contribution in [3.63, 3.8) is 0 Å². The van der Waals surface area contributed by atoms with Gasteiger partial charge in [0.05, 0.1) is 0 Å². The lowest BCUT2D eigenvalue weighted by atomic mass is 10.2. The molecule has 1 amide bonds. The van der Waals surface area contributed by atoms with Gasteiger partial charge in [0, 0.05) is 6.07 Å². The summed E-state index contributed by atoms with van der Waals surface area (Å²) in [4.78, 5) is 24.2. The van der Waals surface area contributed by atoms with Crippen molar-refractivity contribution in [2.45, 2.75) is 13.5 Å². The number of hydrogen-bond donors (Lipinski definition) is 1. The summed E-state index contributed by atoms with van der Waals surface area (Å²) in [6, 6.07) is 13.9. The Labute approximate surface area is 160 Å². The van der Waals surface area contributed by atoms with Crippen LogP contribution < -0.4 is 10.1 Å². The van der Waals surface area contributed by atoms with Crippen molar-refractivity contribution < 1.29 is 28.0 Å². The van der Waals surface area contributed by atoms with E-state index >= 15 is 0 Å². The van der Waals surface area contributed by atoms with Crippen LogP contribution >= 0.6 is 0 Å². The fraction of sp³-hybridized carbons (Fsp3) is 0.150. The Balaban J connectivity index is 1.57. The predicted octanol–water partition coefficient (Wildman–Crippen LogP) is 3.50. The van der Waals surface area contributed by atoms with Crippen molar-refractivity contribution >= 4 is 17.7 Å². The summed E-state index contributed by atoms with van der Waals surface area (Å²) in [5.41, 5.74) is 0.918. The molecule has 2 aromatic carbocycles. The van der Waals surface area contributed by atoms with Crippen molar-refractivity contribution in [2.75, 3.05) is 11.9 Å². The summed E-state index contributed by atoms with van der Waals surface area (Å²) < 4.78 is 28.5. The Morgan fingerprint density at radius 2 is 1.89 bits per heavy atom. The van der Waals surface area contributed by atoms with Gasteiger partial charge in [0.15, 0.2) is 12.4 Å². The molecule has 0 atom stereocenters. The van der Waals surface area contributed by atoms with E-state index in [1.54, 1.807) is 37.3 Å². The minimum atomic E-state index is -0.707. The average molecular weight is 384 g/mol. The molecule has 0 aliphatic rings. The maximum atomic E-state index is 13.0. The zero-order chi connectivity index (χ0) is 19.9. The number of aromatic nitrogens is 1. The molecule has 0 aliphatic carbocycles. The third-order valence-corrected chi connectivity index (χ3v) is 3.64. The summed E-state index contributed by atoms with van der Waals surface area (Å²) in [7, 11) is 0. The van der Waals surface area contributed by atoms with Gasteiger partial charge in [-0.15, -0.1) is 0 Å². The van der Waals surface area contributed by atoms with Gasteiger partial charge < -0.3 is 19.3 Å². The summed E-state index contributed by atoms with van der Waals surface area (Å²) in [5.74, 6) is -0.523. The molecule has 7 nitrogen and oxygen atoms in total. The average Bonchev–Trinajstić information content (AvgIpc) is 3.10. The number of halogens is 1. The fourth-order valence-corrected chi connectivity index (χ4v) is 2.32. The van der Waals surface area contributed by atoms with Gasteiger partial charge in [-0.05, 0) is 36.8 Å². The third-order valence-electron chi connectivity index (χ3n) is 3.64. The van der Waals surface area contributed by atoms with Gasteiger partial charge in [0.1, 0.15) is 29.5 Å². The highest BCUT2D eigenvalue weighted by Gasteiger charge is 2.16. The Hall–Kier alpha value is -3.68. The highest BCUT2D eigenvalue weighted by atomic mass is 19.1. The molecule has 0 spiro atoms. The van der Waals surface area contributed by atoms with Crippen LogP contribution in [0.4, 0.5) is 10.2 Å². The minimum absolute atomic E-state index is 0.149. The van der Waals surface area contributed by atoms with E-state index < -0.39 is 18.5 Å². The Bertz CT molecular complexity index is 969. The predicted molar refractivity (Wildman–Crippen MR) is 97.3 cm³/mol. The Morgan fingerprint density at radius 1 is 1.14 bits per heavy atom. The van der Waals surface area contributed by atoms with E-state index in [0.29, 0.717) is 11.5 Å². The standard InChI is InChI=1S/C20H17FN2O5/c1-13-10-18(23-28-13)22-19(24)12-27-20(25)16-4-2-3-5-17(16)26-11-14-6-8-15(21)9-7-14/h2-10H,11-12H2,1H3,(H,22,23,24). The number of aryl methyl sites for hydroxylation is 1. The molecule has 28 heavy (non-hydrogen) atoms. The van der Waals surface area contributed by atoms with Crippen LogP contribution in [0.1, 0.15) is 21.7 Å². The van der Waals surface area contributed by atoms with Gasteiger partial charge in [-0.3, -0.25) is 4.79 Å². The first kappa shape index (κ1) is 19.1. The molecule has 1 N–H and O–H groups in total. The number of benzene rings is 2. The molecule has 8 heteroatoms. The highest BCUT2D eigenvalue weighted by molar-refractivity contribution is 5.96. The molecule has 0 aliphatic heterocycles. The smallest absolute Gasteiger partial charge is 0.342 e. The van der Waals surface area contributed by atoms with Crippen LogP contribution in [0.15, 0.2) is 59.1 Å². The maximum Gasteiger partial charge on any atom is 0.342 e. The van der Waals surface area contributed by atoms with Gasteiger partial charge in [-0.25, -0.2) is 9.18 Å². The zero-order valence-corrected chi connectivity index (χ0v) is 15.0. The lowest BCUT2D eigenvalue weighted by Gasteiger charge is -2.11. The van der Waals surface area contributed by atoms with Gasteiger partial charge in [0.2, 0.25) is 0 Å². The molecule has 1 aromatic heterocycles. The van der Waals surface area contributed by atoms with Crippen LogP contribution in [-0.4, -0.2) is 23.6 Å². The summed E-state index contributed by atoms with van der Waals surface area (Å²) in [6.45, 7) is 1.35. The number of nitrogens with one attached hydrogen (secondary N) is 1. The van der Waals surface area contributed by atoms with E-state index in [4.69, 9.17) is 14.0 Å². The second-order valence-electron chi connectivity index (χ2n) is 5.86. The molecule has 3 aromatic rings. The van der Waals surface area contributed by atoms with Crippen molar-refractivity contribution in [1.29, 1.82) is 0 Å². The molecule has 0 bridgehead atoms. The number of ether oxygens (including phenoxy) is 2. The number of nitrogens with zero attached hydrogens (tertiary/aromatic N) is 1. The fourth-order valence-electron chi connectivity index (χ4n) is 2.32. The summed E-state index contributed by atoms with van der Waals surface area (Å²) in [6.07, 6.45) is 0. The molecule has 3 rings (SSSR count). The van der Waals surface area contributed by atoms with Gasteiger partial charge in [-0.2, -0.15) is 0 Å². The molecule has 0 radical (unpaired) electrons. The molecule has 0 fully saturated rings. The van der Waals surface area contributed by atoms with Crippen LogP contribution in [0, 0.1) is 12.7 Å². The Kier molecular flexibility index (Phi) is 6.01. The normalized spacial score (nSPS) is 10.4. The topological polar surface area (TPSA) is 90.7 Å².